The van der Waals surface area contributed by atoms with Gasteiger partial charge in [0.1, 0.15) is 10.7 Å². The maximum Gasteiger partial charge on any atom is 0.419 e. The lowest BCUT2D eigenvalue weighted by atomic mass is 10.1. The molecular weight excluding hydrogens is 310 g/mol. The largest absolute Gasteiger partial charge is 0.419 e. The standard InChI is InChI=1S/C12H9F4N3OS/c1-5-9(21-11(17)18-5)10(20)19-6-2-3-8(13)7(4-6)12(14,15)16/h2-4H,1H3,(H2,17,18)(H,19,20). The molecule has 0 aliphatic rings. The number of thiazole rings is 1. The van der Waals surface area contributed by atoms with E-state index in [0.29, 0.717) is 17.8 Å². The number of amides is 1. The Balaban J connectivity index is 2.28. The number of hydrogen-bond donors (Lipinski definition) is 2. The molecule has 0 unspecified atom stereocenters. The number of benzene rings is 1. The second-order valence-electron chi connectivity index (χ2n) is 4.11. The summed E-state index contributed by atoms with van der Waals surface area (Å²) in [6, 6.07) is 2.22. The molecule has 0 radical (unpaired) electrons. The van der Waals surface area contributed by atoms with Crippen molar-refractivity contribution in [2.75, 3.05) is 11.1 Å². The monoisotopic (exact) mass is 319 g/mol. The summed E-state index contributed by atoms with van der Waals surface area (Å²) in [5.74, 6) is -2.06. The molecule has 1 amide bonds. The zero-order chi connectivity index (χ0) is 15.8. The maximum absolute atomic E-state index is 13.1. The molecule has 2 rings (SSSR count). The van der Waals surface area contributed by atoms with Gasteiger partial charge in [-0.2, -0.15) is 13.2 Å². The molecule has 1 heterocycles. The molecular formula is C12H9F4N3OS. The van der Waals surface area contributed by atoms with Crippen molar-refractivity contribution in [1.29, 1.82) is 0 Å². The van der Waals surface area contributed by atoms with Gasteiger partial charge < -0.3 is 11.1 Å². The van der Waals surface area contributed by atoms with Gasteiger partial charge in [0.25, 0.3) is 5.91 Å². The summed E-state index contributed by atoms with van der Waals surface area (Å²) in [5.41, 5.74) is 4.20. The van der Waals surface area contributed by atoms with Crippen LogP contribution in [0.15, 0.2) is 18.2 Å². The maximum atomic E-state index is 13.1. The van der Waals surface area contributed by atoms with Crippen molar-refractivity contribution in [1.82, 2.24) is 4.98 Å². The average molecular weight is 319 g/mol. The first-order valence-electron chi connectivity index (χ1n) is 5.59. The van der Waals surface area contributed by atoms with Crippen LogP contribution in [0.1, 0.15) is 20.9 Å². The number of rotatable bonds is 2. The van der Waals surface area contributed by atoms with Gasteiger partial charge in [0, 0.05) is 5.69 Å². The van der Waals surface area contributed by atoms with Crippen LogP contribution in [0, 0.1) is 12.7 Å². The van der Waals surface area contributed by atoms with E-state index in [1.165, 1.54) is 0 Å². The van der Waals surface area contributed by atoms with E-state index in [1.54, 1.807) is 6.92 Å². The molecule has 0 bridgehead atoms. The molecule has 0 aliphatic carbocycles. The third-order valence-corrected chi connectivity index (χ3v) is 3.53. The van der Waals surface area contributed by atoms with Crippen LogP contribution in [-0.2, 0) is 6.18 Å². The fourth-order valence-electron chi connectivity index (χ4n) is 1.64. The number of carbonyl (C=O) groups excluding carboxylic acids is 1. The normalized spacial score (nSPS) is 11.5. The summed E-state index contributed by atoms with van der Waals surface area (Å²) >= 11 is 0.913. The Morgan fingerprint density at radius 1 is 1.38 bits per heavy atom. The van der Waals surface area contributed by atoms with Crippen LogP contribution in [0.5, 0.6) is 0 Å². The summed E-state index contributed by atoms with van der Waals surface area (Å²) in [6.07, 6.45) is -4.84. The fourth-order valence-corrected chi connectivity index (χ4v) is 2.36. The van der Waals surface area contributed by atoms with Crippen molar-refractivity contribution in [3.05, 3.63) is 40.2 Å². The number of nitrogen functional groups attached to an aromatic ring is 1. The number of nitrogens with zero attached hydrogens (tertiary/aromatic N) is 1. The van der Waals surface area contributed by atoms with E-state index < -0.39 is 23.5 Å². The Bertz CT molecular complexity index is 696. The van der Waals surface area contributed by atoms with Crippen LogP contribution in [0.4, 0.5) is 28.4 Å². The lowest BCUT2D eigenvalue weighted by Crippen LogP contribution is -2.14. The van der Waals surface area contributed by atoms with Gasteiger partial charge in [-0.1, -0.05) is 11.3 Å². The fraction of sp³-hybridized carbons (Fsp3) is 0.167. The SMILES string of the molecule is Cc1nc(N)sc1C(=O)Nc1ccc(F)c(C(F)(F)F)c1. The van der Waals surface area contributed by atoms with Crippen molar-refractivity contribution >= 4 is 28.1 Å². The molecule has 0 atom stereocenters. The van der Waals surface area contributed by atoms with Gasteiger partial charge in [-0.05, 0) is 25.1 Å². The molecule has 2 aromatic rings. The second kappa shape index (κ2) is 5.32. The van der Waals surface area contributed by atoms with E-state index in [1.807, 2.05) is 0 Å². The topological polar surface area (TPSA) is 68.0 Å². The lowest BCUT2D eigenvalue weighted by Gasteiger charge is -2.10. The highest BCUT2D eigenvalue weighted by Gasteiger charge is 2.34. The Morgan fingerprint density at radius 2 is 2.05 bits per heavy atom. The predicted molar refractivity (Wildman–Crippen MR) is 70.6 cm³/mol. The second-order valence-corrected chi connectivity index (χ2v) is 5.14. The summed E-state index contributed by atoms with van der Waals surface area (Å²) in [4.78, 5) is 15.9. The minimum atomic E-state index is -4.84. The molecule has 4 nitrogen and oxygen atoms in total. The van der Waals surface area contributed by atoms with Crippen molar-refractivity contribution in [3.63, 3.8) is 0 Å². The molecule has 0 saturated heterocycles. The van der Waals surface area contributed by atoms with Crippen molar-refractivity contribution < 1.29 is 22.4 Å². The molecule has 1 aromatic carbocycles. The van der Waals surface area contributed by atoms with Crippen LogP contribution in [-0.4, -0.2) is 10.9 Å². The van der Waals surface area contributed by atoms with E-state index in [0.717, 1.165) is 17.4 Å². The van der Waals surface area contributed by atoms with Gasteiger partial charge in [0.05, 0.1) is 11.3 Å². The highest BCUT2D eigenvalue weighted by molar-refractivity contribution is 7.17. The van der Waals surface area contributed by atoms with Gasteiger partial charge in [0.15, 0.2) is 5.13 Å². The quantitative estimate of drug-likeness (QED) is 0.833. The smallest absolute Gasteiger partial charge is 0.375 e. The minimum absolute atomic E-state index is 0.167. The zero-order valence-electron chi connectivity index (χ0n) is 10.6. The molecule has 0 spiro atoms. The van der Waals surface area contributed by atoms with Crippen LogP contribution < -0.4 is 11.1 Å². The third kappa shape index (κ3) is 3.30. The number of nitrogens with one attached hydrogen (secondary N) is 1. The van der Waals surface area contributed by atoms with Gasteiger partial charge in [-0.3, -0.25) is 4.79 Å². The summed E-state index contributed by atoms with van der Waals surface area (Å²) < 4.78 is 50.9. The van der Waals surface area contributed by atoms with Crippen LogP contribution in [0.3, 0.4) is 0 Å². The number of aromatic nitrogens is 1. The summed E-state index contributed by atoms with van der Waals surface area (Å²) in [6.45, 7) is 1.55. The van der Waals surface area contributed by atoms with Gasteiger partial charge >= 0.3 is 6.18 Å². The number of carbonyl (C=O) groups is 1. The van der Waals surface area contributed by atoms with Crippen molar-refractivity contribution in [3.8, 4) is 0 Å². The number of anilines is 2. The Hall–Kier alpha value is -2.16. The van der Waals surface area contributed by atoms with Crippen LogP contribution in [0.2, 0.25) is 0 Å². The molecule has 0 fully saturated rings. The first-order valence-corrected chi connectivity index (χ1v) is 6.41. The summed E-state index contributed by atoms with van der Waals surface area (Å²) in [7, 11) is 0. The molecule has 1 aromatic heterocycles. The Labute approximate surface area is 120 Å². The molecule has 0 aliphatic heterocycles. The number of alkyl halides is 3. The van der Waals surface area contributed by atoms with E-state index in [2.05, 4.69) is 10.3 Å². The minimum Gasteiger partial charge on any atom is -0.375 e. The van der Waals surface area contributed by atoms with Crippen LogP contribution >= 0.6 is 11.3 Å². The lowest BCUT2D eigenvalue weighted by molar-refractivity contribution is -0.139. The number of hydrogen-bond acceptors (Lipinski definition) is 4. The highest BCUT2D eigenvalue weighted by Crippen LogP contribution is 2.33. The van der Waals surface area contributed by atoms with Crippen LogP contribution in [0.25, 0.3) is 0 Å². The van der Waals surface area contributed by atoms with E-state index in [-0.39, 0.29) is 15.7 Å². The first-order chi connectivity index (χ1) is 9.68. The number of nitrogens with two attached hydrogens (primary N) is 1. The van der Waals surface area contributed by atoms with Crippen molar-refractivity contribution in [2.45, 2.75) is 13.1 Å². The molecule has 21 heavy (non-hydrogen) atoms. The molecule has 3 N–H and O–H groups in total. The van der Waals surface area contributed by atoms with Crippen molar-refractivity contribution in [2.24, 2.45) is 0 Å². The van der Waals surface area contributed by atoms with E-state index in [9.17, 15) is 22.4 Å². The number of aryl methyl sites for hydroxylation is 1. The van der Waals surface area contributed by atoms with Gasteiger partial charge in [-0.15, -0.1) is 0 Å². The zero-order valence-corrected chi connectivity index (χ0v) is 11.4. The number of halogens is 4. The Morgan fingerprint density at radius 3 is 2.57 bits per heavy atom. The van der Waals surface area contributed by atoms with E-state index >= 15 is 0 Å². The summed E-state index contributed by atoms with van der Waals surface area (Å²) in [5, 5.41) is 2.44. The Kier molecular flexibility index (Phi) is 3.86. The molecule has 0 saturated carbocycles. The first kappa shape index (κ1) is 15.2. The van der Waals surface area contributed by atoms with E-state index in [4.69, 9.17) is 5.73 Å². The molecule has 9 heteroatoms. The van der Waals surface area contributed by atoms with Gasteiger partial charge in [0.2, 0.25) is 0 Å². The average Bonchev–Trinajstić information content (AvgIpc) is 2.69. The highest BCUT2D eigenvalue weighted by atomic mass is 32.1. The molecule has 112 valence electrons. The van der Waals surface area contributed by atoms with Gasteiger partial charge in [-0.25, -0.2) is 9.37 Å². The predicted octanol–water partition coefficient (Wildman–Crippen LogP) is 3.44. The third-order valence-electron chi connectivity index (χ3n) is 2.55.